The maximum Gasteiger partial charge on any atom is 0.167 e. The summed E-state index contributed by atoms with van der Waals surface area (Å²) in [6.07, 6.45) is 3.46. The van der Waals surface area contributed by atoms with Crippen molar-refractivity contribution >= 4 is 5.78 Å². The van der Waals surface area contributed by atoms with Gasteiger partial charge in [-0.05, 0) is 30.7 Å². The summed E-state index contributed by atoms with van der Waals surface area (Å²) in [5.41, 5.74) is 2.03. The van der Waals surface area contributed by atoms with Gasteiger partial charge in [-0.25, -0.2) is 0 Å². The summed E-state index contributed by atoms with van der Waals surface area (Å²) in [7, 11) is 0. The molecular formula is C15H17NO. The molecule has 1 aliphatic rings. The topological polar surface area (TPSA) is 40.9 Å². The summed E-state index contributed by atoms with van der Waals surface area (Å²) in [4.78, 5) is 12.4. The molecule has 2 heteroatoms. The van der Waals surface area contributed by atoms with Gasteiger partial charge in [0.25, 0.3) is 0 Å². The van der Waals surface area contributed by atoms with Crippen LogP contribution in [0.1, 0.15) is 54.4 Å². The Morgan fingerprint density at radius 1 is 1.47 bits per heavy atom. The molecule has 1 fully saturated rings. The lowest BCUT2D eigenvalue weighted by molar-refractivity contribution is 0.0917. The van der Waals surface area contributed by atoms with Crippen LogP contribution in [0.3, 0.4) is 0 Å². The van der Waals surface area contributed by atoms with Crippen LogP contribution in [-0.2, 0) is 0 Å². The van der Waals surface area contributed by atoms with Gasteiger partial charge in [-0.3, -0.25) is 4.79 Å². The number of hydrogen-bond donors (Lipinski definition) is 0. The molecule has 0 spiro atoms. The molecule has 0 aromatic heterocycles. The van der Waals surface area contributed by atoms with Crippen LogP contribution >= 0.6 is 0 Å². The predicted molar refractivity (Wildman–Crippen MR) is 66.8 cm³/mol. The van der Waals surface area contributed by atoms with Gasteiger partial charge in [0, 0.05) is 17.9 Å². The minimum Gasteiger partial charge on any atom is -0.294 e. The molecule has 0 amide bonds. The highest BCUT2D eigenvalue weighted by Crippen LogP contribution is 2.42. The number of carbonyl (C=O) groups excluding carboxylic acids is 1. The Labute approximate surface area is 102 Å². The Morgan fingerprint density at radius 2 is 2.18 bits per heavy atom. The van der Waals surface area contributed by atoms with Gasteiger partial charge in [0.2, 0.25) is 0 Å². The van der Waals surface area contributed by atoms with Crippen molar-refractivity contribution in [2.45, 2.75) is 38.5 Å². The van der Waals surface area contributed by atoms with Gasteiger partial charge in [0.05, 0.1) is 6.07 Å². The van der Waals surface area contributed by atoms with Crippen LogP contribution in [0.2, 0.25) is 0 Å². The third kappa shape index (κ3) is 2.55. The van der Waals surface area contributed by atoms with E-state index in [1.165, 1.54) is 18.4 Å². The maximum atomic E-state index is 12.4. The molecule has 0 saturated heterocycles. The summed E-state index contributed by atoms with van der Waals surface area (Å²) in [5, 5.41) is 8.75. The zero-order chi connectivity index (χ0) is 12.3. The second-order valence-electron chi connectivity index (χ2n) is 4.69. The number of nitriles is 1. The second kappa shape index (κ2) is 5.14. The fraction of sp³-hybridized carbons (Fsp3) is 0.467. The van der Waals surface area contributed by atoms with Crippen molar-refractivity contribution in [2.24, 2.45) is 5.92 Å². The lowest BCUT2D eigenvalue weighted by Crippen LogP contribution is -2.15. The van der Waals surface area contributed by atoms with Gasteiger partial charge in [-0.15, -0.1) is 0 Å². The van der Waals surface area contributed by atoms with Crippen LogP contribution in [0.25, 0.3) is 0 Å². The minimum absolute atomic E-state index is 0.139. The first kappa shape index (κ1) is 11.9. The Hall–Kier alpha value is -1.62. The molecule has 1 aromatic rings. The largest absolute Gasteiger partial charge is 0.294 e. The third-order valence-electron chi connectivity index (χ3n) is 3.44. The predicted octanol–water partition coefficient (Wildman–Crippen LogP) is 3.69. The average molecular weight is 227 g/mol. The summed E-state index contributed by atoms with van der Waals surface area (Å²) in [6, 6.07) is 10.00. The van der Waals surface area contributed by atoms with E-state index in [0.29, 0.717) is 12.3 Å². The standard InChI is InChI=1S/C15H17NO/c1-2-11(9-10-16)15(17)14-6-4-3-5-13(14)12-7-8-12/h3-6,11-12H,2,7-9H2,1H3. The lowest BCUT2D eigenvalue weighted by Gasteiger charge is -2.13. The number of hydrogen-bond acceptors (Lipinski definition) is 2. The minimum atomic E-state index is -0.139. The molecule has 2 nitrogen and oxygen atoms in total. The molecule has 1 aromatic carbocycles. The number of ketones is 1. The van der Waals surface area contributed by atoms with E-state index in [4.69, 9.17) is 5.26 Å². The SMILES string of the molecule is CCC(CC#N)C(=O)c1ccccc1C1CC1. The van der Waals surface area contributed by atoms with Crippen molar-refractivity contribution in [3.05, 3.63) is 35.4 Å². The fourth-order valence-electron chi connectivity index (χ4n) is 2.22. The summed E-state index contributed by atoms with van der Waals surface area (Å²) < 4.78 is 0. The molecular weight excluding hydrogens is 210 g/mol. The zero-order valence-corrected chi connectivity index (χ0v) is 10.1. The number of nitrogens with zero attached hydrogens (tertiary/aromatic N) is 1. The summed E-state index contributed by atoms with van der Waals surface area (Å²) >= 11 is 0. The van der Waals surface area contributed by atoms with Gasteiger partial charge < -0.3 is 0 Å². The molecule has 17 heavy (non-hydrogen) atoms. The summed E-state index contributed by atoms with van der Waals surface area (Å²) in [6.45, 7) is 1.97. The molecule has 2 rings (SSSR count). The zero-order valence-electron chi connectivity index (χ0n) is 10.1. The average Bonchev–Trinajstić information content (AvgIpc) is 3.19. The van der Waals surface area contributed by atoms with E-state index in [0.717, 1.165) is 12.0 Å². The van der Waals surface area contributed by atoms with Gasteiger partial charge in [-0.2, -0.15) is 5.26 Å². The molecule has 1 atom stereocenters. The maximum absolute atomic E-state index is 12.4. The second-order valence-corrected chi connectivity index (χ2v) is 4.69. The third-order valence-corrected chi connectivity index (χ3v) is 3.44. The number of carbonyl (C=O) groups is 1. The number of Topliss-reactive ketones (excluding diaryl/α,β-unsaturated/α-hetero) is 1. The molecule has 0 N–H and O–H groups in total. The van der Waals surface area contributed by atoms with Crippen LogP contribution in [0.15, 0.2) is 24.3 Å². The highest BCUT2D eigenvalue weighted by Gasteiger charge is 2.29. The van der Waals surface area contributed by atoms with E-state index in [1.54, 1.807) is 0 Å². The van der Waals surface area contributed by atoms with Crippen LogP contribution in [-0.4, -0.2) is 5.78 Å². The molecule has 0 aliphatic heterocycles. The van der Waals surface area contributed by atoms with E-state index in [9.17, 15) is 4.79 Å². The highest BCUT2D eigenvalue weighted by atomic mass is 16.1. The quantitative estimate of drug-likeness (QED) is 0.720. The van der Waals surface area contributed by atoms with E-state index < -0.39 is 0 Å². The number of rotatable bonds is 5. The first-order valence-electron chi connectivity index (χ1n) is 6.28. The van der Waals surface area contributed by atoms with Crippen molar-refractivity contribution < 1.29 is 4.79 Å². The normalized spacial score (nSPS) is 16.2. The molecule has 1 aliphatic carbocycles. The Bertz CT molecular complexity index is 454. The molecule has 1 saturated carbocycles. The molecule has 0 heterocycles. The van der Waals surface area contributed by atoms with Crippen LogP contribution in [0.4, 0.5) is 0 Å². The Kier molecular flexibility index (Phi) is 3.58. The van der Waals surface area contributed by atoms with Crippen molar-refractivity contribution in [3.63, 3.8) is 0 Å². The Balaban J connectivity index is 2.26. The van der Waals surface area contributed by atoms with Crippen LogP contribution in [0.5, 0.6) is 0 Å². The Morgan fingerprint density at radius 3 is 2.76 bits per heavy atom. The number of benzene rings is 1. The first-order chi connectivity index (χ1) is 8.27. The van der Waals surface area contributed by atoms with E-state index >= 15 is 0 Å². The lowest BCUT2D eigenvalue weighted by atomic mass is 9.89. The van der Waals surface area contributed by atoms with Crippen molar-refractivity contribution in [3.8, 4) is 6.07 Å². The van der Waals surface area contributed by atoms with Crippen LogP contribution < -0.4 is 0 Å². The van der Waals surface area contributed by atoms with Gasteiger partial charge in [0.1, 0.15) is 0 Å². The van der Waals surface area contributed by atoms with E-state index in [-0.39, 0.29) is 11.7 Å². The van der Waals surface area contributed by atoms with Crippen molar-refractivity contribution in [1.29, 1.82) is 5.26 Å². The van der Waals surface area contributed by atoms with Crippen LogP contribution in [0, 0.1) is 17.2 Å². The molecule has 88 valence electrons. The molecule has 1 unspecified atom stereocenters. The monoisotopic (exact) mass is 227 g/mol. The van der Waals surface area contributed by atoms with Gasteiger partial charge in [-0.1, -0.05) is 31.2 Å². The summed E-state index contributed by atoms with van der Waals surface area (Å²) in [5.74, 6) is 0.589. The smallest absolute Gasteiger partial charge is 0.167 e. The van der Waals surface area contributed by atoms with E-state index in [2.05, 4.69) is 12.1 Å². The molecule has 0 radical (unpaired) electrons. The highest BCUT2D eigenvalue weighted by molar-refractivity contribution is 5.99. The van der Waals surface area contributed by atoms with Crippen molar-refractivity contribution in [1.82, 2.24) is 0 Å². The van der Waals surface area contributed by atoms with Gasteiger partial charge in [0.15, 0.2) is 5.78 Å². The molecule has 0 bridgehead atoms. The van der Waals surface area contributed by atoms with Crippen molar-refractivity contribution in [2.75, 3.05) is 0 Å². The van der Waals surface area contributed by atoms with Gasteiger partial charge >= 0.3 is 0 Å². The van der Waals surface area contributed by atoms with E-state index in [1.807, 2.05) is 25.1 Å². The fourth-order valence-corrected chi connectivity index (χ4v) is 2.22. The first-order valence-corrected chi connectivity index (χ1v) is 6.28.